The Morgan fingerprint density at radius 1 is 1.16 bits per heavy atom. The number of aromatic carboxylic acids is 1. The van der Waals surface area contributed by atoms with Crippen LogP contribution in [0, 0.1) is 13.8 Å². The highest BCUT2D eigenvalue weighted by molar-refractivity contribution is 5.91. The van der Waals surface area contributed by atoms with E-state index in [1.807, 2.05) is 19.1 Å². The minimum Gasteiger partial charge on any atom is -0.495 e. The molecule has 0 saturated carbocycles. The van der Waals surface area contributed by atoms with Crippen molar-refractivity contribution in [2.24, 2.45) is 0 Å². The van der Waals surface area contributed by atoms with Crippen LogP contribution in [-0.4, -0.2) is 23.2 Å². The molecular weight excluding hydrogens is 242 g/mol. The number of hydrogen-bond acceptors (Lipinski definition) is 3. The molecule has 0 saturated heterocycles. The Labute approximate surface area is 111 Å². The number of benzene rings is 1. The van der Waals surface area contributed by atoms with Gasteiger partial charge in [0.2, 0.25) is 0 Å². The Kier molecular flexibility index (Phi) is 3.51. The number of carbonyl (C=O) groups is 1. The Balaban J connectivity index is 2.61. The smallest absolute Gasteiger partial charge is 0.335 e. The molecule has 0 radical (unpaired) electrons. The third kappa shape index (κ3) is 2.57. The van der Waals surface area contributed by atoms with Crippen LogP contribution in [0.15, 0.2) is 30.6 Å². The van der Waals surface area contributed by atoms with Crippen molar-refractivity contribution in [2.75, 3.05) is 7.11 Å². The maximum atomic E-state index is 11.2. The van der Waals surface area contributed by atoms with E-state index in [2.05, 4.69) is 4.98 Å². The summed E-state index contributed by atoms with van der Waals surface area (Å²) >= 11 is 0. The molecule has 1 aromatic heterocycles. The summed E-state index contributed by atoms with van der Waals surface area (Å²) < 4.78 is 5.14. The van der Waals surface area contributed by atoms with Crippen LogP contribution in [-0.2, 0) is 0 Å². The molecule has 0 aliphatic carbocycles. The zero-order valence-electron chi connectivity index (χ0n) is 11.1. The van der Waals surface area contributed by atoms with Gasteiger partial charge >= 0.3 is 5.97 Å². The molecule has 0 unspecified atom stereocenters. The fourth-order valence-electron chi connectivity index (χ4n) is 2.07. The standard InChI is InChI=1S/C15H15NO3/c1-9-4-10(2)14(15(17)18)6-13(9)11-5-12(19-3)8-16-7-11/h4-8H,1-3H3,(H,17,18). The fraction of sp³-hybridized carbons (Fsp3) is 0.200. The number of aryl methyl sites for hydroxylation is 2. The summed E-state index contributed by atoms with van der Waals surface area (Å²) in [5.41, 5.74) is 3.78. The molecule has 0 aliphatic rings. The Bertz CT molecular complexity index is 635. The van der Waals surface area contributed by atoms with E-state index in [-0.39, 0.29) is 0 Å². The van der Waals surface area contributed by atoms with Crippen LogP contribution in [0.4, 0.5) is 0 Å². The van der Waals surface area contributed by atoms with Gasteiger partial charge in [0.25, 0.3) is 0 Å². The Hall–Kier alpha value is -2.36. The van der Waals surface area contributed by atoms with Gasteiger partial charge in [-0.25, -0.2) is 4.79 Å². The van der Waals surface area contributed by atoms with E-state index >= 15 is 0 Å². The summed E-state index contributed by atoms with van der Waals surface area (Å²) in [7, 11) is 1.57. The quantitative estimate of drug-likeness (QED) is 0.918. The maximum absolute atomic E-state index is 11.2. The molecular formula is C15H15NO3. The van der Waals surface area contributed by atoms with E-state index in [4.69, 9.17) is 4.74 Å². The lowest BCUT2D eigenvalue weighted by Crippen LogP contribution is -2.01. The van der Waals surface area contributed by atoms with Crippen molar-refractivity contribution in [1.29, 1.82) is 0 Å². The van der Waals surface area contributed by atoms with Crippen molar-refractivity contribution in [2.45, 2.75) is 13.8 Å². The molecule has 2 rings (SSSR count). The van der Waals surface area contributed by atoms with E-state index < -0.39 is 5.97 Å². The van der Waals surface area contributed by atoms with Crippen LogP contribution in [0.25, 0.3) is 11.1 Å². The lowest BCUT2D eigenvalue weighted by Gasteiger charge is -2.10. The summed E-state index contributed by atoms with van der Waals surface area (Å²) in [6.45, 7) is 3.75. The monoisotopic (exact) mass is 257 g/mol. The third-order valence-electron chi connectivity index (χ3n) is 3.06. The number of ether oxygens (including phenoxy) is 1. The molecule has 0 fully saturated rings. The van der Waals surface area contributed by atoms with Gasteiger partial charge < -0.3 is 9.84 Å². The van der Waals surface area contributed by atoms with Gasteiger partial charge in [0, 0.05) is 11.8 Å². The normalized spacial score (nSPS) is 10.3. The average molecular weight is 257 g/mol. The molecule has 0 atom stereocenters. The Morgan fingerprint density at radius 2 is 1.89 bits per heavy atom. The molecule has 1 aromatic carbocycles. The number of rotatable bonds is 3. The molecule has 2 aromatic rings. The first-order chi connectivity index (χ1) is 9.02. The molecule has 0 amide bonds. The minimum atomic E-state index is -0.922. The highest BCUT2D eigenvalue weighted by Gasteiger charge is 2.12. The molecule has 98 valence electrons. The Morgan fingerprint density at radius 3 is 2.53 bits per heavy atom. The van der Waals surface area contributed by atoms with Gasteiger partial charge in [0.15, 0.2) is 0 Å². The van der Waals surface area contributed by atoms with E-state index in [0.717, 1.165) is 22.3 Å². The van der Waals surface area contributed by atoms with Crippen LogP contribution >= 0.6 is 0 Å². The van der Waals surface area contributed by atoms with Gasteiger partial charge in [-0.1, -0.05) is 6.07 Å². The van der Waals surface area contributed by atoms with E-state index in [0.29, 0.717) is 11.3 Å². The number of carboxylic acids is 1. The predicted molar refractivity (Wildman–Crippen MR) is 72.7 cm³/mol. The SMILES string of the molecule is COc1cncc(-c2cc(C(=O)O)c(C)cc2C)c1. The molecule has 0 bridgehead atoms. The minimum absolute atomic E-state index is 0.309. The lowest BCUT2D eigenvalue weighted by atomic mass is 9.96. The highest BCUT2D eigenvalue weighted by atomic mass is 16.5. The van der Waals surface area contributed by atoms with E-state index in [1.165, 1.54) is 0 Å². The summed E-state index contributed by atoms with van der Waals surface area (Å²) in [6.07, 6.45) is 3.32. The van der Waals surface area contributed by atoms with Crippen molar-refractivity contribution in [3.63, 3.8) is 0 Å². The fourth-order valence-corrected chi connectivity index (χ4v) is 2.07. The molecule has 1 heterocycles. The number of hydrogen-bond donors (Lipinski definition) is 1. The largest absolute Gasteiger partial charge is 0.495 e. The second kappa shape index (κ2) is 5.10. The van der Waals surface area contributed by atoms with Gasteiger partial charge in [-0.2, -0.15) is 0 Å². The molecule has 4 heteroatoms. The highest BCUT2D eigenvalue weighted by Crippen LogP contribution is 2.28. The van der Waals surface area contributed by atoms with Gasteiger partial charge in [-0.3, -0.25) is 4.98 Å². The number of methoxy groups -OCH3 is 1. The first kappa shape index (κ1) is 13.1. The molecule has 0 aliphatic heterocycles. The topological polar surface area (TPSA) is 59.4 Å². The van der Waals surface area contributed by atoms with Crippen LogP contribution < -0.4 is 4.74 Å². The number of pyridine rings is 1. The predicted octanol–water partition coefficient (Wildman–Crippen LogP) is 3.07. The first-order valence-corrected chi connectivity index (χ1v) is 5.87. The number of carboxylic acid groups (broad SMARTS) is 1. The van der Waals surface area contributed by atoms with Crippen molar-refractivity contribution in [1.82, 2.24) is 4.98 Å². The zero-order chi connectivity index (χ0) is 14.0. The summed E-state index contributed by atoms with van der Waals surface area (Å²) in [6, 6.07) is 5.40. The van der Waals surface area contributed by atoms with Gasteiger partial charge in [-0.15, -0.1) is 0 Å². The summed E-state index contributed by atoms with van der Waals surface area (Å²) in [5.74, 6) is -0.274. The van der Waals surface area contributed by atoms with E-state index in [1.54, 1.807) is 32.5 Å². The van der Waals surface area contributed by atoms with Crippen LogP contribution in [0.5, 0.6) is 5.75 Å². The van der Waals surface area contributed by atoms with Crippen molar-refractivity contribution < 1.29 is 14.6 Å². The maximum Gasteiger partial charge on any atom is 0.335 e. The molecule has 1 N–H and O–H groups in total. The molecule has 19 heavy (non-hydrogen) atoms. The van der Waals surface area contributed by atoms with Gasteiger partial charge in [0.05, 0.1) is 18.9 Å². The lowest BCUT2D eigenvalue weighted by molar-refractivity contribution is 0.0696. The van der Waals surface area contributed by atoms with Gasteiger partial charge in [-0.05, 0) is 42.7 Å². The zero-order valence-corrected chi connectivity index (χ0v) is 11.1. The van der Waals surface area contributed by atoms with Crippen molar-refractivity contribution in [3.8, 4) is 16.9 Å². The van der Waals surface area contributed by atoms with E-state index in [9.17, 15) is 9.90 Å². The summed E-state index contributed by atoms with van der Waals surface area (Å²) in [5, 5.41) is 9.19. The van der Waals surface area contributed by atoms with Gasteiger partial charge in [0.1, 0.15) is 5.75 Å². The van der Waals surface area contributed by atoms with Crippen molar-refractivity contribution >= 4 is 5.97 Å². The third-order valence-corrected chi connectivity index (χ3v) is 3.06. The summed E-state index contributed by atoms with van der Waals surface area (Å²) in [4.78, 5) is 15.3. The van der Waals surface area contributed by atoms with Crippen molar-refractivity contribution in [3.05, 3.63) is 47.3 Å². The van der Waals surface area contributed by atoms with Crippen LogP contribution in [0.2, 0.25) is 0 Å². The second-order valence-electron chi connectivity index (χ2n) is 4.40. The average Bonchev–Trinajstić information content (AvgIpc) is 2.38. The molecule has 0 spiro atoms. The second-order valence-corrected chi connectivity index (χ2v) is 4.40. The number of nitrogens with zero attached hydrogens (tertiary/aromatic N) is 1. The first-order valence-electron chi connectivity index (χ1n) is 5.87. The van der Waals surface area contributed by atoms with Crippen LogP contribution in [0.3, 0.4) is 0 Å². The molecule has 4 nitrogen and oxygen atoms in total. The number of aromatic nitrogens is 1. The van der Waals surface area contributed by atoms with Crippen LogP contribution in [0.1, 0.15) is 21.5 Å².